The number of hydrogen-bond acceptors (Lipinski definition) is 3. The van der Waals surface area contributed by atoms with E-state index in [1.807, 2.05) is 0 Å². The molecule has 0 aromatic carbocycles. The molecule has 2 fully saturated rings. The highest BCUT2D eigenvalue weighted by molar-refractivity contribution is 4.95. The monoisotopic (exact) mass is 199 g/mol. The quantitative estimate of drug-likeness (QED) is 0.691. The zero-order valence-electron chi connectivity index (χ0n) is 9.27. The van der Waals surface area contributed by atoms with Crippen LogP contribution >= 0.6 is 0 Å². The van der Waals surface area contributed by atoms with Crippen molar-refractivity contribution in [3.8, 4) is 0 Å². The maximum Gasteiger partial charge on any atom is 0.105 e. The van der Waals surface area contributed by atoms with Crippen LogP contribution in [0.1, 0.15) is 33.1 Å². The maximum absolute atomic E-state index is 6.26. The molecule has 0 aliphatic carbocycles. The van der Waals surface area contributed by atoms with Crippen molar-refractivity contribution < 1.29 is 9.47 Å². The van der Waals surface area contributed by atoms with Gasteiger partial charge in [0.15, 0.2) is 0 Å². The van der Waals surface area contributed by atoms with Gasteiger partial charge >= 0.3 is 0 Å². The fraction of sp³-hybridized carbons (Fsp3) is 1.00. The first kappa shape index (κ1) is 10.4. The number of rotatable bonds is 1. The molecule has 2 aliphatic heterocycles. The summed E-state index contributed by atoms with van der Waals surface area (Å²) in [6.07, 6.45) is 3.32. The predicted octanol–water partition coefficient (Wildman–Crippen LogP) is 1.32. The van der Waals surface area contributed by atoms with Crippen molar-refractivity contribution >= 4 is 0 Å². The number of ether oxygens (including phenoxy) is 2. The maximum atomic E-state index is 6.26. The molecular formula is C11H21NO2. The van der Waals surface area contributed by atoms with Crippen molar-refractivity contribution in [3.63, 3.8) is 0 Å². The molecule has 0 amide bonds. The molecule has 0 bridgehead atoms. The molecular weight excluding hydrogens is 178 g/mol. The van der Waals surface area contributed by atoms with Gasteiger partial charge in [0.25, 0.3) is 0 Å². The summed E-state index contributed by atoms with van der Waals surface area (Å²) < 4.78 is 11.8. The van der Waals surface area contributed by atoms with Crippen molar-refractivity contribution in [1.29, 1.82) is 0 Å². The Morgan fingerprint density at radius 1 is 1.36 bits per heavy atom. The first-order valence-electron chi connectivity index (χ1n) is 5.67. The van der Waals surface area contributed by atoms with Gasteiger partial charge in [0.1, 0.15) is 5.60 Å². The Kier molecular flexibility index (Phi) is 2.82. The van der Waals surface area contributed by atoms with Crippen LogP contribution in [0.2, 0.25) is 0 Å². The zero-order chi connectivity index (χ0) is 10.1. The van der Waals surface area contributed by atoms with Crippen LogP contribution in [-0.4, -0.2) is 37.5 Å². The SMILES string of the molecule is CCC1(C)CNCC2(CCCOC2)O1. The van der Waals surface area contributed by atoms with E-state index >= 15 is 0 Å². The summed E-state index contributed by atoms with van der Waals surface area (Å²) in [5.41, 5.74) is -0.0415. The average molecular weight is 199 g/mol. The van der Waals surface area contributed by atoms with Crippen molar-refractivity contribution in [2.24, 2.45) is 0 Å². The second kappa shape index (κ2) is 3.80. The Bertz CT molecular complexity index is 196. The highest BCUT2D eigenvalue weighted by atomic mass is 16.6. The fourth-order valence-electron chi connectivity index (χ4n) is 2.39. The van der Waals surface area contributed by atoms with Gasteiger partial charge in [0, 0.05) is 19.7 Å². The third-order valence-corrected chi connectivity index (χ3v) is 3.44. The minimum atomic E-state index is -0.0404. The molecule has 2 rings (SSSR count). The van der Waals surface area contributed by atoms with Gasteiger partial charge in [0.2, 0.25) is 0 Å². The Balaban J connectivity index is 2.04. The molecule has 2 saturated heterocycles. The van der Waals surface area contributed by atoms with Crippen LogP contribution in [0.4, 0.5) is 0 Å². The van der Waals surface area contributed by atoms with Gasteiger partial charge in [-0.1, -0.05) is 6.92 Å². The summed E-state index contributed by atoms with van der Waals surface area (Å²) in [5, 5.41) is 3.48. The number of hydrogen-bond donors (Lipinski definition) is 1. The van der Waals surface area contributed by atoms with Gasteiger partial charge in [-0.3, -0.25) is 0 Å². The summed E-state index contributed by atoms with van der Waals surface area (Å²) in [6.45, 7) is 7.94. The van der Waals surface area contributed by atoms with E-state index in [0.717, 1.165) is 45.6 Å². The predicted molar refractivity (Wildman–Crippen MR) is 55.4 cm³/mol. The van der Waals surface area contributed by atoms with E-state index in [4.69, 9.17) is 9.47 Å². The molecule has 3 heteroatoms. The minimum Gasteiger partial charge on any atom is -0.378 e. The van der Waals surface area contributed by atoms with Gasteiger partial charge < -0.3 is 14.8 Å². The molecule has 2 aliphatic rings. The Hall–Kier alpha value is -0.120. The highest BCUT2D eigenvalue weighted by Gasteiger charge is 2.43. The molecule has 3 nitrogen and oxygen atoms in total. The summed E-state index contributed by atoms with van der Waals surface area (Å²) in [5.74, 6) is 0. The lowest BCUT2D eigenvalue weighted by molar-refractivity contribution is -0.212. The van der Waals surface area contributed by atoms with Crippen LogP contribution in [0.15, 0.2) is 0 Å². The first-order chi connectivity index (χ1) is 6.68. The number of morpholine rings is 1. The molecule has 2 heterocycles. The smallest absolute Gasteiger partial charge is 0.105 e. The lowest BCUT2D eigenvalue weighted by Gasteiger charge is -2.48. The van der Waals surface area contributed by atoms with Crippen molar-refractivity contribution in [3.05, 3.63) is 0 Å². The van der Waals surface area contributed by atoms with Crippen LogP contribution < -0.4 is 5.32 Å². The van der Waals surface area contributed by atoms with E-state index < -0.39 is 0 Å². The third kappa shape index (κ3) is 1.95. The highest BCUT2D eigenvalue weighted by Crippen LogP contribution is 2.32. The van der Waals surface area contributed by atoms with Crippen LogP contribution in [0.3, 0.4) is 0 Å². The lowest BCUT2D eigenvalue weighted by atomic mass is 9.90. The van der Waals surface area contributed by atoms with Crippen LogP contribution in [0, 0.1) is 0 Å². The van der Waals surface area contributed by atoms with Gasteiger partial charge in [-0.25, -0.2) is 0 Å². The molecule has 82 valence electrons. The van der Waals surface area contributed by atoms with E-state index in [0.29, 0.717) is 0 Å². The minimum absolute atomic E-state index is 0.00104. The standard InChI is InChI=1S/C11H21NO2/c1-3-10(2)7-12-8-11(14-10)5-4-6-13-9-11/h12H,3-9H2,1-2H3. The topological polar surface area (TPSA) is 30.5 Å². The van der Waals surface area contributed by atoms with E-state index in [2.05, 4.69) is 19.2 Å². The molecule has 14 heavy (non-hydrogen) atoms. The second-order valence-electron chi connectivity index (χ2n) is 4.85. The molecule has 0 aromatic heterocycles. The summed E-state index contributed by atoms with van der Waals surface area (Å²) >= 11 is 0. The van der Waals surface area contributed by atoms with Gasteiger partial charge in [-0.05, 0) is 26.2 Å². The van der Waals surface area contributed by atoms with E-state index in [1.165, 1.54) is 0 Å². The molecule has 1 spiro atoms. The van der Waals surface area contributed by atoms with E-state index in [1.54, 1.807) is 0 Å². The van der Waals surface area contributed by atoms with Gasteiger partial charge in [-0.2, -0.15) is 0 Å². The Morgan fingerprint density at radius 3 is 2.86 bits per heavy atom. The molecule has 1 N–H and O–H groups in total. The van der Waals surface area contributed by atoms with E-state index in [-0.39, 0.29) is 11.2 Å². The van der Waals surface area contributed by atoms with Crippen molar-refractivity contribution in [2.75, 3.05) is 26.3 Å². The molecule has 0 saturated carbocycles. The van der Waals surface area contributed by atoms with Crippen LogP contribution in [-0.2, 0) is 9.47 Å². The Labute approximate surface area is 86.2 Å². The van der Waals surface area contributed by atoms with Crippen molar-refractivity contribution in [2.45, 2.75) is 44.3 Å². The second-order valence-corrected chi connectivity index (χ2v) is 4.85. The first-order valence-corrected chi connectivity index (χ1v) is 5.67. The molecule has 0 aromatic rings. The lowest BCUT2D eigenvalue weighted by Crippen LogP contribution is -2.62. The summed E-state index contributed by atoms with van der Waals surface area (Å²) in [7, 11) is 0. The fourth-order valence-corrected chi connectivity index (χ4v) is 2.39. The third-order valence-electron chi connectivity index (χ3n) is 3.44. The summed E-state index contributed by atoms with van der Waals surface area (Å²) in [6, 6.07) is 0. The molecule has 2 atom stereocenters. The average Bonchev–Trinajstić information content (AvgIpc) is 2.19. The normalized spacial score (nSPS) is 44.1. The van der Waals surface area contributed by atoms with Crippen LogP contribution in [0.25, 0.3) is 0 Å². The largest absolute Gasteiger partial charge is 0.378 e. The Morgan fingerprint density at radius 2 is 2.21 bits per heavy atom. The zero-order valence-corrected chi connectivity index (χ0v) is 9.27. The van der Waals surface area contributed by atoms with Crippen molar-refractivity contribution in [1.82, 2.24) is 5.32 Å². The van der Waals surface area contributed by atoms with Crippen LogP contribution in [0.5, 0.6) is 0 Å². The van der Waals surface area contributed by atoms with Gasteiger partial charge in [0.05, 0.1) is 12.2 Å². The summed E-state index contributed by atoms with van der Waals surface area (Å²) in [4.78, 5) is 0. The number of nitrogens with one attached hydrogen (secondary N) is 1. The molecule has 2 unspecified atom stereocenters. The molecule has 0 radical (unpaired) electrons. The van der Waals surface area contributed by atoms with E-state index in [9.17, 15) is 0 Å². The van der Waals surface area contributed by atoms with Gasteiger partial charge in [-0.15, -0.1) is 0 Å².